The number of nitrogens with zero attached hydrogens (tertiary/aromatic N) is 2. The molecule has 1 aromatic carbocycles. The van der Waals surface area contributed by atoms with E-state index in [-0.39, 0.29) is 17.2 Å². The predicted octanol–water partition coefficient (Wildman–Crippen LogP) is 4.12. The largest absolute Gasteiger partial charge is 0.310 e. The highest BCUT2D eigenvalue weighted by atomic mass is 32.2. The van der Waals surface area contributed by atoms with Crippen LogP contribution in [0.25, 0.3) is 11.1 Å². The number of hydrogen-bond acceptors (Lipinski definition) is 5. The lowest BCUT2D eigenvalue weighted by Gasteiger charge is -2.13. The Morgan fingerprint density at radius 3 is 2.48 bits per heavy atom. The lowest BCUT2D eigenvalue weighted by Crippen LogP contribution is -2.18. The summed E-state index contributed by atoms with van der Waals surface area (Å²) in [5.74, 6) is -7.38. The zero-order valence-corrected chi connectivity index (χ0v) is 17.8. The molecule has 1 atom stereocenters. The molecule has 172 valence electrons. The van der Waals surface area contributed by atoms with Crippen LogP contribution in [-0.2, 0) is 14.8 Å². The van der Waals surface area contributed by atoms with Crippen LogP contribution in [0.2, 0.25) is 0 Å². The highest BCUT2D eigenvalue weighted by molar-refractivity contribution is 7.92. The van der Waals surface area contributed by atoms with E-state index >= 15 is 0 Å². The first-order valence-electron chi connectivity index (χ1n) is 9.56. The van der Waals surface area contributed by atoms with Crippen LogP contribution in [0.3, 0.4) is 0 Å². The Morgan fingerprint density at radius 1 is 1.09 bits per heavy atom. The summed E-state index contributed by atoms with van der Waals surface area (Å²) >= 11 is 0. The zero-order chi connectivity index (χ0) is 24.0. The molecular formula is C21H16F4N4O3S. The molecule has 1 fully saturated rings. The number of hydrogen-bond donors (Lipinski definition) is 2. The van der Waals surface area contributed by atoms with Gasteiger partial charge in [0, 0.05) is 30.4 Å². The van der Waals surface area contributed by atoms with Crippen LogP contribution in [0, 0.1) is 24.5 Å². The van der Waals surface area contributed by atoms with Crippen LogP contribution in [-0.4, -0.2) is 30.2 Å². The van der Waals surface area contributed by atoms with Crippen molar-refractivity contribution >= 4 is 27.4 Å². The van der Waals surface area contributed by atoms with Crippen molar-refractivity contribution in [2.45, 2.75) is 24.2 Å². The average molecular weight is 480 g/mol. The number of carbonyl (C=O) groups is 1. The quantitative estimate of drug-likeness (QED) is 0.517. The summed E-state index contributed by atoms with van der Waals surface area (Å²) in [7, 11) is -4.39. The van der Waals surface area contributed by atoms with Crippen LogP contribution in [0.4, 0.5) is 29.1 Å². The Morgan fingerprint density at radius 2 is 1.82 bits per heavy atom. The fraction of sp³-hybridized carbons (Fsp3) is 0.190. The third-order valence-corrected chi connectivity index (χ3v) is 6.40. The van der Waals surface area contributed by atoms with Gasteiger partial charge < -0.3 is 5.32 Å². The lowest BCUT2D eigenvalue weighted by molar-refractivity contribution is -0.119. The van der Waals surface area contributed by atoms with Crippen LogP contribution < -0.4 is 10.0 Å². The van der Waals surface area contributed by atoms with Crippen molar-refractivity contribution in [3.05, 3.63) is 66.1 Å². The number of amides is 1. The Balaban J connectivity index is 1.59. The summed E-state index contributed by atoms with van der Waals surface area (Å²) in [6.45, 7) is 1.52. The number of carbonyl (C=O) groups excluding carboxylic acids is 1. The first-order valence-corrected chi connectivity index (χ1v) is 11.0. The van der Waals surface area contributed by atoms with Gasteiger partial charge in [0.15, 0.2) is 0 Å². The van der Waals surface area contributed by atoms with Gasteiger partial charge in [0.1, 0.15) is 28.3 Å². The van der Waals surface area contributed by atoms with Crippen LogP contribution >= 0.6 is 0 Å². The predicted molar refractivity (Wildman–Crippen MR) is 111 cm³/mol. The molecule has 0 aliphatic heterocycles. The Labute approximate surface area is 185 Å². The Bertz CT molecular complexity index is 1370. The van der Waals surface area contributed by atoms with Gasteiger partial charge in [-0.25, -0.2) is 31.0 Å². The van der Waals surface area contributed by atoms with Crippen molar-refractivity contribution in [2.75, 3.05) is 10.0 Å². The molecule has 0 saturated heterocycles. The molecule has 2 aromatic heterocycles. The summed E-state index contributed by atoms with van der Waals surface area (Å²) < 4.78 is 80.8. The number of halogens is 4. The van der Waals surface area contributed by atoms with E-state index in [1.807, 2.05) is 0 Å². The monoisotopic (exact) mass is 480 g/mol. The average Bonchev–Trinajstić information content (AvgIpc) is 3.38. The number of sulfonamides is 1. The molecule has 0 bridgehead atoms. The minimum atomic E-state index is -4.39. The number of pyridine rings is 2. The molecule has 12 heteroatoms. The van der Waals surface area contributed by atoms with E-state index in [2.05, 4.69) is 20.0 Å². The van der Waals surface area contributed by atoms with E-state index in [9.17, 15) is 30.8 Å². The zero-order valence-electron chi connectivity index (χ0n) is 16.9. The van der Waals surface area contributed by atoms with E-state index in [0.717, 1.165) is 12.1 Å². The number of benzene rings is 1. The third-order valence-electron chi connectivity index (χ3n) is 5.00. The molecule has 1 aliphatic rings. The van der Waals surface area contributed by atoms with E-state index in [1.54, 1.807) is 6.07 Å². The molecule has 2 heterocycles. The van der Waals surface area contributed by atoms with Crippen molar-refractivity contribution < 1.29 is 30.8 Å². The maximum Gasteiger partial charge on any atom is 0.264 e. The minimum Gasteiger partial charge on any atom is -0.310 e. The Hall–Kier alpha value is -3.54. The maximum atomic E-state index is 14.0. The van der Waals surface area contributed by atoms with Crippen molar-refractivity contribution in [3.63, 3.8) is 0 Å². The summed E-state index contributed by atoms with van der Waals surface area (Å²) in [5.41, 5.74) is 1.19. The summed E-state index contributed by atoms with van der Waals surface area (Å²) in [4.78, 5) is 19.2. The number of aromatic nitrogens is 2. The normalized spacial score (nSPS) is 16.8. The van der Waals surface area contributed by atoms with E-state index < -0.39 is 50.7 Å². The molecule has 1 aliphatic carbocycles. The molecule has 1 amide bonds. The SMILES string of the molecule is Cc1ncc(-c2ccnc(NC(=O)C3CC3(F)F)c2)cc1NS(=O)(=O)c1ccc(F)cc1F. The first kappa shape index (κ1) is 22.6. The van der Waals surface area contributed by atoms with Gasteiger partial charge in [-0.3, -0.25) is 14.5 Å². The fourth-order valence-electron chi connectivity index (χ4n) is 3.08. The maximum absolute atomic E-state index is 14.0. The highest BCUT2D eigenvalue weighted by Gasteiger charge is 2.61. The van der Waals surface area contributed by atoms with Crippen LogP contribution in [0.15, 0.2) is 53.7 Å². The van der Waals surface area contributed by atoms with E-state index in [0.29, 0.717) is 17.2 Å². The molecule has 1 unspecified atom stereocenters. The number of rotatable bonds is 6. The topological polar surface area (TPSA) is 101 Å². The van der Waals surface area contributed by atoms with Gasteiger partial charge in [-0.05, 0) is 42.8 Å². The molecule has 0 radical (unpaired) electrons. The van der Waals surface area contributed by atoms with Gasteiger partial charge in [0.25, 0.3) is 15.9 Å². The second-order valence-corrected chi connectivity index (χ2v) is 9.12. The van der Waals surface area contributed by atoms with E-state index in [4.69, 9.17) is 0 Å². The molecule has 1 saturated carbocycles. The number of alkyl halides is 2. The van der Waals surface area contributed by atoms with Crippen molar-refractivity contribution in [3.8, 4) is 11.1 Å². The van der Waals surface area contributed by atoms with Gasteiger partial charge in [-0.15, -0.1) is 0 Å². The number of aryl methyl sites for hydroxylation is 1. The van der Waals surface area contributed by atoms with Gasteiger partial charge in [-0.1, -0.05) is 0 Å². The Kier molecular flexibility index (Phi) is 5.56. The second kappa shape index (κ2) is 8.10. The molecule has 33 heavy (non-hydrogen) atoms. The highest BCUT2D eigenvalue weighted by Crippen LogP contribution is 2.49. The van der Waals surface area contributed by atoms with E-state index in [1.165, 1.54) is 31.5 Å². The third kappa shape index (κ3) is 4.80. The van der Waals surface area contributed by atoms with Crippen molar-refractivity contribution in [1.82, 2.24) is 9.97 Å². The summed E-state index contributed by atoms with van der Waals surface area (Å²) in [6.07, 6.45) is 2.26. The standard InChI is InChI=1S/C21H16F4N4O3S/c1-11-17(29-33(31,32)18-3-2-14(22)8-16(18)23)6-13(10-27-11)12-4-5-26-19(7-12)28-20(30)15-9-21(15,24)25/h2-8,10,15,29H,9H2,1H3,(H,26,28,30). The van der Waals surface area contributed by atoms with Gasteiger partial charge in [0.05, 0.1) is 11.4 Å². The van der Waals surface area contributed by atoms with Crippen LogP contribution in [0.1, 0.15) is 12.1 Å². The molecule has 7 nitrogen and oxygen atoms in total. The summed E-state index contributed by atoms with van der Waals surface area (Å²) in [6, 6.07) is 6.48. The molecule has 3 aromatic rings. The van der Waals surface area contributed by atoms with Crippen LogP contribution in [0.5, 0.6) is 0 Å². The minimum absolute atomic E-state index is 0.0382. The van der Waals surface area contributed by atoms with Gasteiger partial charge in [0.2, 0.25) is 5.91 Å². The molecular weight excluding hydrogens is 464 g/mol. The molecule has 0 spiro atoms. The van der Waals surface area contributed by atoms with Gasteiger partial charge >= 0.3 is 0 Å². The lowest BCUT2D eigenvalue weighted by atomic mass is 10.1. The first-order chi connectivity index (χ1) is 15.5. The number of anilines is 2. The van der Waals surface area contributed by atoms with Crippen molar-refractivity contribution in [2.24, 2.45) is 5.92 Å². The smallest absolute Gasteiger partial charge is 0.264 e. The fourth-order valence-corrected chi connectivity index (χ4v) is 4.25. The van der Waals surface area contributed by atoms with Gasteiger partial charge in [-0.2, -0.15) is 0 Å². The number of nitrogens with one attached hydrogen (secondary N) is 2. The second-order valence-electron chi connectivity index (χ2n) is 7.47. The molecule has 2 N–H and O–H groups in total. The summed E-state index contributed by atoms with van der Waals surface area (Å²) in [5, 5.41) is 2.33. The van der Waals surface area contributed by atoms with Crippen molar-refractivity contribution in [1.29, 1.82) is 0 Å². The molecule has 4 rings (SSSR count).